The number of carbonyl (C=O) groups is 1. The average molecular weight is 406 g/mol. The number of hydrogen-bond donors (Lipinski definition) is 1. The van der Waals surface area contributed by atoms with Crippen molar-refractivity contribution in [1.82, 2.24) is 14.9 Å². The molecule has 146 valence electrons. The van der Waals surface area contributed by atoms with Crippen molar-refractivity contribution in [3.63, 3.8) is 0 Å². The first-order valence-electron chi connectivity index (χ1n) is 9.48. The lowest BCUT2D eigenvalue weighted by molar-refractivity contribution is -0.121. The van der Waals surface area contributed by atoms with Crippen LogP contribution in [0, 0.1) is 11.8 Å². The summed E-state index contributed by atoms with van der Waals surface area (Å²) in [5.74, 6) is 1.13. The summed E-state index contributed by atoms with van der Waals surface area (Å²) >= 11 is 2.73. The molecule has 0 spiro atoms. The molecule has 2 aromatic heterocycles. The third-order valence-electron chi connectivity index (χ3n) is 5.53. The van der Waals surface area contributed by atoms with Crippen molar-refractivity contribution >= 4 is 39.2 Å². The largest absolute Gasteiger partial charge is 0.352 e. The Morgan fingerprint density at radius 1 is 1.52 bits per heavy atom. The smallest absolute Gasteiger partial charge is 0.272 e. The molecule has 27 heavy (non-hydrogen) atoms. The number of allylic oxidation sites excluding steroid dienone is 1. The van der Waals surface area contributed by atoms with E-state index in [4.69, 9.17) is 0 Å². The molecule has 1 aliphatic carbocycles. The molecule has 5 nitrogen and oxygen atoms in total. The summed E-state index contributed by atoms with van der Waals surface area (Å²) in [5, 5.41) is 5.34. The van der Waals surface area contributed by atoms with Crippen LogP contribution >= 0.6 is 23.1 Å². The molecule has 1 aliphatic rings. The van der Waals surface area contributed by atoms with Gasteiger partial charge < -0.3 is 5.32 Å². The average Bonchev–Trinajstić information content (AvgIpc) is 3.11. The van der Waals surface area contributed by atoms with Crippen LogP contribution in [0.25, 0.3) is 10.2 Å². The van der Waals surface area contributed by atoms with Gasteiger partial charge in [0.1, 0.15) is 4.70 Å². The maximum Gasteiger partial charge on any atom is 0.272 e. The van der Waals surface area contributed by atoms with E-state index >= 15 is 0 Å². The SMILES string of the molecule is C=CCn1c(S[C@H](C)C(=O)N[C@@H]2CCC[C@@H](C)[C@@H]2C)nc2ccsc2c1=O. The topological polar surface area (TPSA) is 64.0 Å². The van der Waals surface area contributed by atoms with E-state index in [-0.39, 0.29) is 22.8 Å². The number of thioether (sulfide) groups is 1. The molecule has 7 heteroatoms. The second-order valence-corrected chi connectivity index (χ2v) is 9.60. The van der Waals surface area contributed by atoms with Gasteiger partial charge in [-0.15, -0.1) is 17.9 Å². The van der Waals surface area contributed by atoms with E-state index in [9.17, 15) is 9.59 Å². The zero-order valence-electron chi connectivity index (χ0n) is 16.1. The first-order chi connectivity index (χ1) is 12.9. The van der Waals surface area contributed by atoms with Crippen LogP contribution in [0.2, 0.25) is 0 Å². The van der Waals surface area contributed by atoms with E-state index in [2.05, 4.69) is 30.7 Å². The Morgan fingerprint density at radius 3 is 3.04 bits per heavy atom. The number of thiophene rings is 1. The Bertz CT molecular complexity index is 889. The van der Waals surface area contributed by atoms with Gasteiger partial charge in [0.25, 0.3) is 5.56 Å². The molecule has 3 rings (SSSR count). The van der Waals surface area contributed by atoms with Gasteiger partial charge >= 0.3 is 0 Å². The standard InChI is InChI=1S/C20H27N3O2S2/c1-5-10-23-19(25)17-16(9-11-26-17)22-20(23)27-14(4)18(24)21-15-8-6-7-12(2)13(15)3/h5,9,11-15H,1,6-8,10H2,2-4H3,(H,21,24)/t12-,13+,14-,15-/m1/s1. The van der Waals surface area contributed by atoms with Crippen molar-refractivity contribution in [2.24, 2.45) is 11.8 Å². The molecule has 1 N–H and O–H groups in total. The van der Waals surface area contributed by atoms with E-state index in [0.717, 1.165) is 12.8 Å². The molecule has 0 radical (unpaired) electrons. The van der Waals surface area contributed by atoms with Gasteiger partial charge in [-0.05, 0) is 36.6 Å². The van der Waals surface area contributed by atoms with E-state index in [1.54, 1.807) is 10.6 Å². The Hall–Kier alpha value is -1.60. The molecule has 4 atom stereocenters. The van der Waals surface area contributed by atoms with Crippen LogP contribution in [0.15, 0.2) is 34.1 Å². The van der Waals surface area contributed by atoms with Gasteiger partial charge in [0.05, 0.1) is 10.8 Å². The number of carbonyl (C=O) groups excluding carboxylic acids is 1. The fourth-order valence-corrected chi connectivity index (χ4v) is 5.31. The van der Waals surface area contributed by atoms with Crippen molar-refractivity contribution in [2.45, 2.75) is 63.0 Å². The lowest BCUT2D eigenvalue weighted by Gasteiger charge is -2.35. The summed E-state index contributed by atoms with van der Waals surface area (Å²) in [6, 6.07) is 2.08. The lowest BCUT2D eigenvalue weighted by atomic mass is 9.78. The molecule has 0 saturated heterocycles. The van der Waals surface area contributed by atoms with Crippen LogP contribution in [0.3, 0.4) is 0 Å². The van der Waals surface area contributed by atoms with E-state index in [0.29, 0.717) is 33.8 Å². The summed E-state index contributed by atoms with van der Waals surface area (Å²) in [7, 11) is 0. The van der Waals surface area contributed by atoms with Gasteiger partial charge in [-0.2, -0.15) is 0 Å². The maximum atomic E-state index is 12.8. The van der Waals surface area contributed by atoms with Crippen molar-refractivity contribution in [3.8, 4) is 0 Å². The zero-order valence-corrected chi connectivity index (χ0v) is 17.7. The molecule has 1 amide bonds. The normalized spacial score (nSPS) is 23.9. The summed E-state index contributed by atoms with van der Waals surface area (Å²) < 4.78 is 2.24. The fourth-order valence-electron chi connectivity index (χ4n) is 3.60. The Labute approximate surface area is 168 Å². The lowest BCUT2D eigenvalue weighted by Crippen LogP contribution is -2.46. The minimum atomic E-state index is -0.325. The fraction of sp³-hybridized carbons (Fsp3) is 0.550. The molecular formula is C20H27N3O2S2. The number of hydrogen-bond acceptors (Lipinski definition) is 5. The molecule has 0 aromatic carbocycles. The van der Waals surface area contributed by atoms with Crippen molar-refractivity contribution in [2.75, 3.05) is 0 Å². The van der Waals surface area contributed by atoms with Crippen molar-refractivity contribution in [3.05, 3.63) is 34.5 Å². The quantitative estimate of drug-likeness (QED) is 0.447. The van der Waals surface area contributed by atoms with Crippen LogP contribution in [0.5, 0.6) is 0 Å². The number of amides is 1. The minimum Gasteiger partial charge on any atom is -0.352 e. The molecule has 0 bridgehead atoms. The second-order valence-electron chi connectivity index (χ2n) is 7.38. The van der Waals surface area contributed by atoms with Crippen LogP contribution in [-0.4, -0.2) is 26.8 Å². The van der Waals surface area contributed by atoms with Crippen LogP contribution in [0.4, 0.5) is 0 Å². The third kappa shape index (κ3) is 4.29. The van der Waals surface area contributed by atoms with Crippen LogP contribution in [-0.2, 0) is 11.3 Å². The molecule has 1 fully saturated rings. The first kappa shape index (κ1) is 20.1. The highest BCUT2D eigenvalue weighted by atomic mass is 32.2. The van der Waals surface area contributed by atoms with Gasteiger partial charge in [0.15, 0.2) is 5.16 Å². The van der Waals surface area contributed by atoms with E-state index in [1.165, 1.54) is 29.5 Å². The second kappa shape index (κ2) is 8.61. The Morgan fingerprint density at radius 2 is 2.30 bits per heavy atom. The molecule has 0 unspecified atom stereocenters. The zero-order chi connectivity index (χ0) is 19.6. The summed E-state index contributed by atoms with van der Waals surface area (Å²) in [6.07, 6.45) is 5.11. The molecule has 2 aromatic rings. The van der Waals surface area contributed by atoms with Gasteiger partial charge in [0.2, 0.25) is 5.91 Å². The molecule has 1 saturated carbocycles. The third-order valence-corrected chi connectivity index (χ3v) is 7.51. The highest BCUT2D eigenvalue weighted by molar-refractivity contribution is 8.00. The highest BCUT2D eigenvalue weighted by Gasteiger charge is 2.30. The number of aromatic nitrogens is 2. The van der Waals surface area contributed by atoms with Gasteiger partial charge in [-0.3, -0.25) is 14.2 Å². The number of rotatable bonds is 6. The summed E-state index contributed by atoms with van der Waals surface area (Å²) in [5.41, 5.74) is 0.620. The van der Waals surface area contributed by atoms with E-state index in [1.807, 2.05) is 18.4 Å². The van der Waals surface area contributed by atoms with Crippen molar-refractivity contribution < 1.29 is 4.79 Å². The maximum absolute atomic E-state index is 12.8. The van der Waals surface area contributed by atoms with Crippen LogP contribution in [0.1, 0.15) is 40.0 Å². The van der Waals surface area contributed by atoms with E-state index < -0.39 is 0 Å². The monoisotopic (exact) mass is 405 g/mol. The molecule has 0 aliphatic heterocycles. The Balaban J connectivity index is 1.77. The van der Waals surface area contributed by atoms with Gasteiger partial charge in [-0.25, -0.2) is 4.98 Å². The number of nitrogens with zero attached hydrogens (tertiary/aromatic N) is 2. The van der Waals surface area contributed by atoms with Gasteiger partial charge in [0, 0.05) is 12.6 Å². The molecular weight excluding hydrogens is 378 g/mol. The minimum absolute atomic E-state index is 0.00997. The van der Waals surface area contributed by atoms with Crippen LogP contribution < -0.4 is 10.9 Å². The number of fused-ring (bicyclic) bond motifs is 1. The first-order valence-corrected chi connectivity index (χ1v) is 11.2. The summed E-state index contributed by atoms with van der Waals surface area (Å²) in [6.45, 7) is 10.5. The summed E-state index contributed by atoms with van der Waals surface area (Å²) in [4.78, 5) is 30.1. The highest BCUT2D eigenvalue weighted by Crippen LogP contribution is 2.30. The Kier molecular flexibility index (Phi) is 6.42. The predicted molar refractivity (Wildman–Crippen MR) is 114 cm³/mol. The number of nitrogens with one attached hydrogen (secondary N) is 1. The molecule has 2 heterocycles. The predicted octanol–water partition coefficient (Wildman–Crippen LogP) is 4.07. The van der Waals surface area contributed by atoms with Crippen molar-refractivity contribution in [1.29, 1.82) is 0 Å². The van der Waals surface area contributed by atoms with Gasteiger partial charge in [-0.1, -0.05) is 44.5 Å².